The molecule has 13 heavy (non-hydrogen) atoms. The number of hydrogen-bond acceptors (Lipinski definition) is 3. The summed E-state index contributed by atoms with van der Waals surface area (Å²) in [5.41, 5.74) is 1.33. The Kier molecular flexibility index (Phi) is 4.12. The van der Waals surface area contributed by atoms with Gasteiger partial charge in [0.15, 0.2) is 0 Å². The molecular weight excluding hydrogens is 182 g/mol. The molecule has 0 aromatic carbocycles. The molecule has 0 amide bonds. The van der Waals surface area contributed by atoms with E-state index >= 15 is 0 Å². The number of thiophene rings is 1. The van der Waals surface area contributed by atoms with E-state index in [-0.39, 0.29) is 5.78 Å². The summed E-state index contributed by atoms with van der Waals surface area (Å²) in [5, 5.41) is 5.34. The van der Waals surface area contributed by atoms with Crippen LogP contribution in [0.25, 0.3) is 0 Å². The van der Waals surface area contributed by atoms with Crippen molar-refractivity contribution in [2.24, 2.45) is 0 Å². The Morgan fingerprint density at radius 1 is 1.62 bits per heavy atom. The highest BCUT2D eigenvalue weighted by Gasteiger charge is 1.98. The van der Waals surface area contributed by atoms with Crippen LogP contribution >= 0.6 is 11.3 Å². The third-order valence-corrected chi connectivity index (χ3v) is 2.93. The molecule has 2 nitrogen and oxygen atoms in total. The van der Waals surface area contributed by atoms with Gasteiger partial charge in [-0.15, -0.1) is 11.3 Å². The van der Waals surface area contributed by atoms with Gasteiger partial charge in [-0.2, -0.15) is 0 Å². The molecule has 0 saturated carbocycles. The van der Waals surface area contributed by atoms with Crippen molar-refractivity contribution in [1.29, 1.82) is 0 Å². The topological polar surface area (TPSA) is 29.1 Å². The van der Waals surface area contributed by atoms with E-state index in [4.69, 9.17) is 0 Å². The van der Waals surface area contributed by atoms with Crippen molar-refractivity contribution in [3.05, 3.63) is 21.9 Å². The van der Waals surface area contributed by atoms with Gasteiger partial charge in [0, 0.05) is 24.4 Å². The maximum Gasteiger partial charge on any atom is 0.131 e. The minimum Gasteiger partial charge on any atom is -0.311 e. The van der Waals surface area contributed by atoms with Gasteiger partial charge in [0.05, 0.1) is 0 Å². The summed E-state index contributed by atoms with van der Waals surface area (Å²) < 4.78 is 0. The third kappa shape index (κ3) is 3.70. The monoisotopic (exact) mass is 197 g/mol. The second-order valence-electron chi connectivity index (χ2n) is 3.16. The second-order valence-corrected chi connectivity index (χ2v) is 4.16. The standard InChI is InChI=1S/C10H15NOS/c1-8-4-6-13-10(8)7-11-5-3-9(2)12/h4,6,11H,3,5,7H2,1-2H3. The van der Waals surface area contributed by atoms with Gasteiger partial charge in [-0.1, -0.05) is 0 Å². The molecule has 0 atom stereocenters. The second kappa shape index (κ2) is 5.14. The number of carbonyl (C=O) groups is 1. The molecule has 1 rings (SSSR count). The molecule has 0 aliphatic carbocycles. The first-order chi connectivity index (χ1) is 6.20. The summed E-state index contributed by atoms with van der Waals surface area (Å²) in [6, 6.07) is 2.12. The van der Waals surface area contributed by atoms with Crippen LogP contribution in [0, 0.1) is 6.92 Å². The number of aryl methyl sites for hydroxylation is 1. The number of hydrogen-bond donors (Lipinski definition) is 1. The number of nitrogens with one attached hydrogen (secondary N) is 1. The zero-order chi connectivity index (χ0) is 9.68. The molecule has 3 heteroatoms. The van der Waals surface area contributed by atoms with Crippen molar-refractivity contribution in [2.45, 2.75) is 26.8 Å². The molecule has 0 unspecified atom stereocenters. The average molecular weight is 197 g/mol. The zero-order valence-corrected chi connectivity index (χ0v) is 8.91. The highest BCUT2D eigenvalue weighted by molar-refractivity contribution is 7.10. The molecule has 0 saturated heterocycles. The summed E-state index contributed by atoms with van der Waals surface area (Å²) in [7, 11) is 0. The van der Waals surface area contributed by atoms with Crippen molar-refractivity contribution < 1.29 is 4.79 Å². The summed E-state index contributed by atoms with van der Waals surface area (Å²) in [4.78, 5) is 12.0. The quantitative estimate of drug-likeness (QED) is 0.733. The minimum atomic E-state index is 0.246. The highest BCUT2D eigenvalue weighted by Crippen LogP contribution is 2.14. The van der Waals surface area contributed by atoms with Gasteiger partial charge >= 0.3 is 0 Å². The van der Waals surface area contributed by atoms with Gasteiger partial charge in [0.1, 0.15) is 5.78 Å². The van der Waals surface area contributed by atoms with Crippen LogP contribution in [0.1, 0.15) is 23.8 Å². The maximum atomic E-state index is 10.6. The molecule has 1 aromatic heterocycles. The van der Waals surface area contributed by atoms with Crippen molar-refractivity contribution in [1.82, 2.24) is 5.32 Å². The fourth-order valence-electron chi connectivity index (χ4n) is 1.05. The van der Waals surface area contributed by atoms with E-state index in [1.807, 2.05) is 0 Å². The van der Waals surface area contributed by atoms with Crippen LogP contribution in [0.3, 0.4) is 0 Å². The molecular formula is C10H15NOS. The van der Waals surface area contributed by atoms with E-state index in [1.165, 1.54) is 10.4 Å². The minimum absolute atomic E-state index is 0.246. The van der Waals surface area contributed by atoms with Crippen LogP contribution in [0.2, 0.25) is 0 Å². The van der Waals surface area contributed by atoms with Gasteiger partial charge in [-0.25, -0.2) is 0 Å². The number of Topliss-reactive ketones (excluding diaryl/α,β-unsaturated/α-hetero) is 1. The lowest BCUT2D eigenvalue weighted by Gasteiger charge is -2.01. The molecule has 1 heterocycles. The Balaban J connectivity index is 2.20. The number of rotatable bonds is 5. The first-order valence-electron chi connectivity index (χ1n) is 4.43. The number of ketones is 1. The van der Waals surface area contributed by atoms with E-state index in [0.717, 1.165) is 13.1 Å². The molecule has 0 bridgehead atoms. The summed E-state index contributed by atoms with van der Waals surface area (Å²) in [5.74, 6) is 0.246. The molecule has 0 aliphatic heterocycles. The van der Waals surface area contributed by atoms with Gasteiger partial charge < -0.3 is 5.32 Å². The van der Waals surface area contributed by atoms with Gasteiger partial charge in [0.25, 0.3) is 0 Å². The van der Waals surface area contributed by atoms with E-state index in [1.54, 1.807) is 18.3 Å². The fraction of sp³-hybridized carbons (Fsp3) is 0.500. The molecule has 1 aromatic rings. The van der Waals surface area contributed by atoms with Crippen LogP contribution in [-0.4, -0.2) is 12.3 Å². The first-order valence-corrected chi connectivity index (χ1v) is 5.31. The summed E-state index contributed by atoms with van der Waals surface area (Å²) in [6.45, 7) is 5.40. The van der Waals surface area contributed by atoms with E-state index < -0.39 is 0 Å². The Hall–Kier alpha value is -0.670. The van der Waals surface area contributed by atoms with Gasteiger partial charge in [-0.05, 0) is 30.9 Å². The maximum absolute atomic E-state index is 10.6. The lowest BCUT2D eigenvalue weighted by molar-refractivity contribution is -0.116. The Morgan fingerprint density at radius 3 is 2.92 bits per heavy atom. The highest BCUT2D eigenvalue weighted by atomic mass is 32.1. The van der Waals surface area contributed by atoms with Crippen molar-refractivity contribution in [3.63, 3.8) is 0 Å². The van der Waals surface area contributed by atoms with E-state index in [9.17, 15) is 4.79 Å². The lowest BCUT2D eigenvalue weighted by Crippen LogP contribution is -2.16. The fourth-order valence-corrected chi connectivity index (χ4v) is 1.93. The predicted molar refractivity (Wildman–Crippen MR) is 56.1 cm³/mol. The zero-order valence-electron chi connectivity index (χ0n) is 8.09. The van der Waals surface area contributed by atoms with E-state index in [2.05, 4.69) is 23.7 Å². The molecule has 1 N–H and O–H groups in total. The van der Waals surface area contributed by atoms with Crippen LogP contribution < -0.4 is 5.32 Å². The lowest BCUT2D eigenvalue weighted by atomic mass is 10.3. The molecule has 0 aliphatic rings. The Labute approximate surface area is 83.0 Å². The first kappa shape index (κ1) is 10.4. The van der Waals surface area contributed by atoms with Crippen molar-refractivity contribution in [2.75, 3.05) is 6.54 Å². The van der Waals surface area contributed by atoms with Crippen LogP contribution in [-0.2, 0) is 11.3 Å². The molecule has 0 fully saturated rings. The van der Waals surface area contributed by atoms with Crippen LogP contribution in [0.4, 0.5) is 0 Å². The molecule has 72 valence electrons. The van der Waals surface area contributed by atoms with Crippen LogP contribution in [0.15, 0.2) is 11.4 Å². The molecule has 0 radical (unpaired) electrons. The van der Waals surface area contributed by atoms with Crippen LogP contribution in [0.5, 0.6) is 0 Å². The number of carbonyl (C=O) groups excluding carboxylic acids is 1. The Bertz CT molecular complexity index is 280. The van der Waals surface area contributed by atoms with Crippen molar-refractivity contribution >= 4 is 17.1 Å². The smallest absolute Gasteiger partial charge is 0.131 e. The molecule has 0 spiro atoms. The largest absolute Gasteiger partial charge is 0.311 e. The van der Waals surface area contributed by atoms with E-state index in [0.29, 0.717) is 6.42 Å². The SMILES string of the molecule is CC(=O)CCNCc1sccc1C. The third-order valence-electron chi connectivity index (χ3n) is 1.91. The van der Waals surface area contributed by atoms with Crippen molar-refractivity contribution in [3.8, 4) is 0 Å². The Morgan fingerprint density at radius 2 is 2.38 bits per heavy atom. The summed E-state index contributed by atoms with van der Waals surface area (Å²) >= 11 is 1.76. The average Bonchev–Trinajstić information content (AvgIpc) is 2.45. The van der Waals surface area contributed by atoms with Gasteiger partial charge in [-0.3, -0.25) is 4.79 Å². The normalized spacial score (nSPS) is 10.3. The predicted octanol–water partition coefficient (Wildman–Crippen LogP) is 2.13. The summed E-state index contributed by atoms with van der Waals surface area (Å²) in [6.07, 6.45) is 0.629. The van der Waals surface area contributed by atoms with Gasteiger partial charge in [0.2, 0.25) is 0 Å².